The molecule has 2 unspecified atom stereocenters. The first-order chi connectivity index (χ1) is 13.8. The maximum Gasteiger partial charge on any atom is 0.120 e. The van der Waals surface area contributed by atoms with E-state index in [-0.39, 0.29) is 6.17 Å². The van der Waals surface area contributed by atoms with Crippen LogP contribution in [0.1, 0.15) is 54.2 Å². The number of nitrogens with zero attached hydrogens (tertiary/aromatic N) is 2. The molecular formula is C23H24N4O. The number of hydrogen-bond acceptors (Lipinski definition) is 5. The van der Waals surface area contributed by atoms with Crippen LogP contribution in [0.4, 0.5) is 0 Å². The van der Waals surface area contributed by atoms with Crippen LogP contribution >= 0.6 is 0 Å². The molecule has 2 aliphatic rings. The van der Waals surface area contributed by atoms with Crippen LogP contribution in [-0.2, 0) is 5.54 Å². The maximum absolute atomic E-state index is 6.45. The smallest absolute Gasteiger partial charge is 0.120 e. The minimum atomic E-state index is -0.582. The summed E-state index contributed by atoms with van der Waals surface area (Å²) in [5.41, 5.74) is 10.00. The molecule has 28 heavy (non-hydrogen) atoms. The van der Waals surface area contributed by atoms with Crippen LogP contribution < -0.4 is 15.8 Å². The van der Waals surface area contributed by atoms with Gasteiger partial charge in [-0.05, 0) is 67.1 Å². The topological polar surface area (TPSA) is 73.1 Å². The highest BCUT2D eigenvalue weighted by Crippen LogP contribution is 2.45. The van der Waals surface area contributed by atoms with Gasteiger partial charge < -0.3 is 10.5 Å². The highest BCUT2D eigenvalue weighted by atomic mass is 16.5. The number of benzene rings is 1. The van der Waals surface area contributed by atoms with E-state index in [0.717, 1.165) is 41.0 Å². The quantitative estimate of drug-likeness (QED) is 0.731. The SMILES string of the molecule is NC1NC(c2ccncc2)(c2cccc(OC3CCCC3)c2)c2cccnc21. The summed E-state index contributed by atoms with van der Waals surface area (Å²) >= 11 is 0. The summed E-state index contributed by atoms with van der Waals surface area (Å²) in [6, 6.07) is 16.5. The van der Waals surface area contributed by atoms with Crippen LogP contribution in [0.3, 0.4) is 0 Å². The zero-order valence-corrected chi connectivity index (χ0v) is 15.7. The van der Waals surface area contributed by atoms with E-state index in [2.05, 4.69) is 39.6 Å². The average Bonchev–Trinajstić information content (AvgIpc) is 3.36. The Kier molecular flexibility index (Phi) is 4.34. The van der Waals surface area contributed by atoms with Crippen LogP contribution in [0, 0.1) is 0 Å². The third-order valence-corrected chi connectivity index (χ3v) is 5.89. The first kappa shape index (κ1) is 17.3. The summed E-state index contributed by atoms with van der Waals surface area (Å²) in [6.45, 7) is 0. The number of nitrogens with one attached hydrogen (secondary N) is 1. The molecular weight excluding hydrogens is 348 g/mol. The molecule has 2 atom stereocenters. The molecule has 0 spiro atoms. The summed E-state index contributed by atoms with van der Waals surface area (Å²) in [5, 5.41) is 3.62. The lowest BCUT2D eigenvalue weighted by Gasteiger charge is -2.33. The number of rotatable bonds is 4. The van der Waals surface area contributed by atoms with E-state index >= 15 is 0 Å². The molecule has 0 saturated heterocycles. The standard InChI is InChI=1S/C23H24N4O/c24-22-21-20(9-4-12-26-21)23(27-22,16-10-13-25-14-11-16)17-5-3-8-19(15-17)28-18-6-1-2-7-18/h3-5,8-15,18,22,27H,1-2,6-7,24H2. The van der Waals surface area contributed by atoms with E-state index in [9.17, 15) is 0 Å². The van der Waals surface area contributed by atoms with Crippen LogP contribution in [0.5, 0.6) is 5.75 Å². The maximum atomic E-state index is 6.45. The fraction of sp³-hybridized carbons (Fsp3) is 0.304. The van der Waals surface area contributed by atoms with Gasteiger partial charge in [-0.3, -0.25) is 15.3 Å². The van der Waals surface area contributed by atoms with Gasteiger partial charge in [-0.25, -0.2) is 0 Å². The molecule has 1 saturated carbocycles. The molecule has 1 aliphatic carbocycles. The zero-order chi connectivity index (χ0) is 19.0. The van der Waals surface area contributed by atoms with Gasteiger partial charge in [0.2, 0.25) is 0 Å². The Morgan fingerprint density at radius 3 is 2.61 bits per heavy atom. The number of aromatic nitrogens is 2. The van der Waals surface area contributed by atoms with Crippen molar-refractivity contribution in [1.29, 1.82) is 0 Å². The van der Waals surface area contributed by atoms with Gasteiger partial charge in [-0.1, -0.05) is 18.2 Å². The van der Waals surface area contributed by atoms with Crippen LogP contribution in [0.15, 0.2) is 67.1 Å². The Hall–Kier alpha value is -2.76. The predicted molar refractivity (Wildman–Crippen MR) is 108 cm³/mol. The summed E-state index contributed by atoms with van der Waals surface area (Å²) in [5.74, 6) is 0.908. The fourth-order valence-corrected chi connectivity index (χ4v) is 4.61. The molecule has 1 aliphatic heterocycles. The van der Waals surface area contributed by atoms with Gasteiger partial charge in [0.15, 0.2) is 0 Å². The van der Waals surface area contributed by atoms with Gasteiger partial charge in [0.25, 0.3) is 0 Å². The summed E-state index contributed by atoms with van der Waals surface area (Å²) in [7, 11) is 0. The van der Waals surface area contributed by atoms with Crippen molar-refractivity contribution in [3.8, 4) is 5.75 Å². The van der Waals surface area contributed by atoms with Crippen molar-refractivity contribution in [1.82, 2.24) is 15.3 Å². The molecule has 1 aromatic carbocycles. The second kappa shape index (κ2) is 7.00. The number of ether oxygens (including phenoxy) is 1. The molecule has 3 N–H and O–H groups in total. The lowest BCUT2D eigenvalue weighted by Crippen LogP contribution is -2.42. The molecule has 0 amide bonds. The van der Waals surface area contributed by atoms with Gasteiger partial charge in [-0.15, -0.1) is 0 Å². The van der Waals surface area contributed by atoms with Crippen LogP contribution in [-0.4, -0.2) is 16.1 Å². The molecule has 0 radical (unpaired) electrons. The van der Waals surface area contributed by atoms with Gasteiger partial charge in [0.05, 0.1) is 17.3 Å². The Bertz CT molecular complexity index is 971. The first-order valence-electron chi connectivity index (χ1n) is 9.94. The lowest BCUT2D eigenvalue weighted by atomic mass is 9.79. The molecule has 3 heterocycles. The third kappa shape index (κ3) is 2.79. The third-order valence-electron chi connectivity index (χ3n) is 5.89. The Morgan fingerprint density at radius 1 is 0.964 bits per heavy atom. The highest BCUT2D eigenvalue weighted by Gasteiger charge is 2.46. The second-order valence-electron chi connectivity index (χ2n) is 7.60. The molecule has 1 fully saturated rings. The van der Waals surface area contributed by atoms with Crippen molar-refractivity contribution in [3.05, 3.63) is 89.5 Å². The Balaban J connectivity index is 1.65. The van der Waals surface area contributed by atoms with Crippen molar-refractivity contribution in [3.63, 3.8) is 0 Å². The van der Waals surface area contributed by atoms with Crippen LogP contribution in [0.2, 0.25) is 0 Å². The summed E-state index contributed by atoms with van der Waals surface area (Å²) in [6.07, 6.45) is 10.2. The van der Waals surface area contributed by atoms with Crippen molar-refractivity contribution in [2.75, 3.05) is 0 Å². The number of nitrogens with two attached hydrogens (primary N) is 1. The molecule has 5 heteroatoms. The van der Waals surface area contributed by atoms with Gasteiger partial charge in [-0.2, -0.15) is 0 Å². The van der Waals surface area contributed by atoms with E-state index in [1.165, 1.54) is 12.8 Å². The minimum Gasteiger partial charge on any atom is -0.490 e. The van der Waals surface area contributed by atoms with Crippen LogP contribution in [0.25, 0.3) is 0 Å². The second-order valence-corrected chi connectivity index (χ2v) is 7.60. The van der Waals surface area contributed by atoms with E-state index in [0.29, 0.717) is 6.10 Å². The van der Waals surface area contributed by atoms with Crippen molar-refractivity contribution >= 4 is 0 Å². The average molecular weight is 372 g/mol. The fourth-order valence-electron chi connectivity index (χ4n) is 4.61. The number of fused-ring (bicyclic) bond motifs is 1. The molecule has 2 aromatic heterocycles. The van der Waals surface area contributed by atoms with E-state index < -0.39 is 5.54 Å². The first-order valence-corrected chi connectivity index (χ1v) is 9.94. The number of pyridine rings is 2. The molecule has 5 rings (SSSR count). The summed E-state index contributed by atoms with van der Waals surface area (Å²) in [4.78, 5) is 8.76. The molecule has 0 bridgehead atoms. The minimum absolute atomic E-state index is 0.319. The molecule has 142 valence electrons. The Morgan fingerprint density at radius 2 is 1.79 bits per heavy atom. The van der Waals surface area contributed by atoms with Crippen molar-refractivity contribution < 1.29 is 4.74 Å². The highest BCUT2D eigenvalue weighted by molar-refractivity contribution is 5.55. The van der Waals surface area contributed by atoms with Crippen molar-refractivity contribution in [2.45, 2.75) is 43.5 Å². The van der Waals surface area contributed by atoms with E-state index in [1.54, 1.807) is 6.20 Å². The monoisotopic (exact) mass is 372 g/mol. The van der Waals surface area contributed by atoms with Gasteiger partial charge in [0.1, 0.15) is 11.9 Å². The lowest BCUT2D eigenvalue weighted by molar-refractivity contribution is 0.209. The summed E-state index contributed by atoms with van der Waals surface area (Å²) < 4.78 is 6.28. The van der Waals surface area contributed by atoms with E-state index in [4.69, 9.17) is 10.5 Å². The van der Waals surface area contributed by atoms with Crippen molar-refractivity contribution in [2.24, 2.45) is 5.73 Å². The normalized spacial score (nSPS) is 24.2. The molecule has 5 nitrogen and oxygen atoms in total. The number of hydrogen-bond donors (Lipinski definition) is 2. The Labute approximate surface area is 165 Å². The molecule has 3 aromatic rings. The van der Waals surface area contributed by atoms with E-state index in [1.807, 2.05) is 36.7 Å². The van der Waals surface area contributed by atoms with Gasteiger partial charge in [0, 0.05) is 24.2 Å². The zero-order valence-electron chi connectivity index (χ0n) is 15.7. The largest absolute Gasteiger partial charge is 0.490 e. The van der Waals surface area contributed by atoms with Gasteiger partial charge >= 0.3 is 0 Å². The predicted octanol–water partition coefficient (Wildman–Crippen LogP) is 3.65.